The Morgan fingerprint density at radius 2 is 1.54 bits per heavy atom. The van der Waals surface area contributed by atoms with Gasteiger partial charge in [-0.1, -0.05) is 17.7 Å². The molecule has 0 radical (unpaired) electrons. The molecule has 8 rings (SSSR count). The van der Waals surface area contributed by atoms with Gasteiger partial charge < -0.3 is 33.7 Å². The van der Waals surface area contributed by atoms with Crippen molar-refractivity contribution in [2.24, 2.45) is 0 Å². The third-order valence-electron chi connectivity index (χ3n) is 9.59. The fourth-order valence-electron chi connectivity index (χ4n) is 6.92. The predicted octanol–water partition coefficient (Wildman–Crippen LogP) is 7.75. The lowest BCUT2D eigenvalue weighted by atomic mass is 9.96. The highest BCUT2D eigenvalue weighted by atomic mass is 16.5. The second-order valence-corrected chi connectivity index (χ2v) is 13.4. The van der Waals surface area contributed by atoms with Gasteiger partial charge in [-0.15, -0.1) is 0 Å². The van der Waals surface area contributed by atoms with Crippen LogP contribution in [0.4, 0.5) is 5.69 Å². The van der Waals surface area contributed by atoms with Gasteiger partial charge in [0.2, 0.25) is 5.75 Å². The fourth-order valence-corrected chi connectivity index (χ4v) is 6.92. The molecule has 4 aromatic carbocycles. The maximum absolute atomic E-state index is 14.2. The number of anilines is 1. The Hall–Kier alpha value is -5.19. The number of rotatable bonds is 8. The molecule has 1 unspecified atom stereocenters. The van der Waals surface area contributed by atoms with Crippen LogP contribution in [-0.4, -0.2) is 59.5 Å². The Morgan fingerprint density at radius 1 is 0.827 bits per heavy atom. The molecule has 4 aliphatic rings. The van der Waals surface area contributed by atoms with Crippen LogP contribution in [0.2, 0.25) is 0 Å². The number of carbonyl (C=O) groups excluding carboxylic acids is 1. The Bertz CT molecular complexity index is 1970. The van der Waals surface area contributed by atoms with Crippen molar-refractivity contribution in [3.05, 3.63) is 99.6 Å². The summed E-state index contributed by atoms with van der Waals surface area (Å²) < 4.78 is 37.0. The van der Waals surface area contributed by atoms with Crippen LogP contribution in [0.15, 0.2) is 66.2 Å². The van der Waals surface area contributed by atoms with Crippen LogP contribution < -0.4 is 38.7 Å². The number of hydrogen-bond donors (Lipinski definition) is 1. The van der Waals surface area contributed by atoms with E-state index in [4.69, 9.17) is 28.4 Å². The molecule has 0 fully saturated rings. The number of hydrogen-bond acceptors (Lipinski definition) is 9. The first-order chi connectivity index (χ1) is 25.2. The summed E-state index contributed by atoms with van der Waals surface area (Å²) in [5.41, 5.74) is 7.89. The molecule has 4 aromatic rings. The number of nitrogens with one attached hydrogen (secondary N) is 1. The highest BCUT2D eigenvalue weighted by molar-refractivity contribution is 6.02. The quantitative estimate of drug-likeness (QED) is 0.185. The molecule has 52 heavy (non-hydrogen) atoms. The van der Waals surface area contributed by atoms with Gasteiger partial charge >= 0.3 is 0 Å². The van der Waals surface area contributed by atoms with Crippen molar-refractivity contribution >= 4 is 11.6 Å². The van der Waals surface area contributed by atoms with E-state index in [0.29, 0.717) is 71.2 Å². The van der Waals surface area contributed by atoms with Gasteiger partial charge in [-0.25, -0.2) is 10.0 Å². The molecule has 274 valence electrons. The van der Waals surface area contributed by atoms with Gasteiger partial charge in [0.05, 0.1) is 34.1 Å². The van der Waals surface area contributed by atoms with Gasteiger partial charge in [0.25, 0.3) is 5.91 Å². The number of likely N-dealkylation sites (N-methyl/N-ethyl adjacent to an activating group) is 1. The molecule has 0 aromatic heterocycles. The maximum Gasteiger partial charge on any atom is 0.265 e. The monoisotopic (exact) mass is 707 g/mol. The minimum absolute atomic E-state index is 0.175. The first-order valence-electron chi connectivity index (χ1n) is 17.7. The summed E-state index contributed by atoms with van der Waals surface area (Å²) in [5, 5.41) is 7.06. The minimum atomic E-state index is -0.175. The van der Waals surface area contributed by atoms with Crippen LogP contribution in [0.3, 0.4) is 0 Å². The summed E-state index contributed by atoms with van der Waals surface area (Å²) in [7, 11) is 8.47. The van der Waals surface area contributed by atoms with Crippen molar-refractivity contribution in [2.75, 3.05) is 53.6 Å². The van der Waals surface area contributed by atoms with E-state index in [-0.39, 0.29) is 5.91 Å². The fraction of sp³-hybridized carbons (Fsp3) is 0.357. The molecule has 4 heterocycles. The Kier molecular flexibility index (Phi) is 11.3. The predicted molar refractivity (Wildman–Crippen MR) is 203 cm³/mol. The van der Waals surface area contributed by atoms with Gasteiger partial charge in [-0.2, -0.15) is 0 Å². The van der Waals surface area contributed by atoms with Crippen molar-refractivity contribution in [3.63, 3.8) is 0 Å². The second-order valence-electron chi connectivity index (χ2n) is 13.4. The lowest BCUT2D eigenvalue weighted by Crippen LogP contribution is -2.49. The van der Waals surface area contributed by atoms with E-state index in [1.54, 1.807) is 39.5 Å². The van der Waals surface area contributed by atoms with Gasteiger partial charge in [-0.3, -0.25) is 4.79 Å². The molecular weight excluding hydrogens is 658 g/mol. The molecule has 10 heteroatoms. The van der Waals surface area contributed by atoms with Crippen molar-refractivity contribution < 1.29 is 33.2 Å². The first-order valence-corrected chi connectivity index (χ1v) is 17.7. The van der Waals surface area contributed by atoms with Crippen molar-refractivity contribution in [1.82, 2.24) is 10.3 Å². The maximum atomic E-state index is 14.2. The molecular formula is C42H49N3O7. The van der Waals surface area contributed by atoms with E-state index in [1.807, 2.05) is 63.2 Å². The summed E-state index contributed by atoms with van der Waals surface area (Å²) in [4.78, 5) is 14.2. The standard InChI is InChI=1S/C42H49N3O7/c1-26(2)19-40(46)45-34-24-36(48-6)37(20-27(34)3)51-32-13-10-28(11-14-32)9-12-29-22-38(35(47-5)21-30(29)15-17-43-4)52-41-33-25-44(45)18-16-31(33)23-39(49-7)42(41)50-8/h10-11,13-14,19-24,43H,9,12,15-18,25H2,1-8H3. The number of ether oxygens (including phenoxy) is 6. The van der Waals surface area contributed by atoms with Gasteiger partial charge in [0.1, 0.15) is 5.75 Å². The molecule has 10 nitrogen and oxygen atoms in total. The molecule has 4 aliphatic heterocycles. The molecule has 1 atom stereocenters. The summed E-state index contributed by atoms with van der Waals surface area (Å²) in [6.07, 6.45) is 4.72. The molecule has 0 saturated heterocycles. The summed E-state index contributed by atoms with van der Waals surface area (Å²) in [6.45, 7) is 7.55. The van der Waals surface area contributed by atoms with Crippen molar-refractivity contribution in [1.29, 1.82) is 0 Å². The first kappa shape index (κ1) is 36.6. The number of carbonyl (C=O) groups is 1. The van der Waals surface area contributed by atoms with E-state index >= 15 is 0 Å². The Morgan fingerprint density at radius 3 is 2.21 bits per heavy atom. The smallest absolute Gasteiger partial charge is 0.265 e. The number of methoxy groups -OCH3 is 4. The molecule has 0 saturated carbocycles. The van der Waals surface area contributed by atoms with Crippen LogP contribution in [0.25, 0.3) is 0 Å². The van der Waals surface area contributed by atoms with Crippen LogP contribution in [0.1, 0.15) is 47.2 Å². The largest absolute Gasteiger partial charge is 0.493 e. The van der Waals surface area contributed by atoms with Crippen LogP contribution in [0, 0.1) is 6.92 Å². The average Bonchev–Trinajstić information content (AvgIpc) is 3.14. The topological polar surface area (TPSA) is 91.0 Å². The molecule has 0 aliphatic carbocycles. The number of allylic oxidation sites excluding steroid dienone is 1. The third kappa shape index (κ3) is 7.54. The number of aryl methyl sites for hydroxylation is 3. The normalized spacial score (nSPS) is 14.9. The zero-order chi connectivity index (χ0) is 36.9. The summed E-state index contributed by atoms with van der Waals surface area (Å²) in [6, 6.07) is 18.1. The van der Waals surface area contributed by atoms with E-state index in [2.05, 4.69) is 29.6 Å². The number of hydrazine groups is 1. The molecule has 1 N–H and O–H groups in total. The van der Waals surface area contributed by atoms with Gasteiger partial charge in [0, 0.05) is 30.8 Å². The minimum Gasteiger partial charge on any atom is -0.493 e. The molecule has 0 spiro atoms. The number of benzene rings is 4. The van der Waals surface area contributed by atoms with Gasteiger partial charge in [-0.05, 0) is 124 Å². The number of fused-ring (bicyclic) bond motifs is 2. The van der Waals surface area contributed by atoms with E-state index in [9.17, 15) is 4.79 Å². The van der Waals surface area contributed by atoms with Crippen molar-refractivity contribution in [2.45, 2.75) is 53.0 Å². The third-order valence-corrected chi connectivity index (χ3v) is 9.59. The van der Waals surface area contributed by atoms with E-state index < -0.39 is 0 Å². The average molecular weight is 708 g/mol. The van der Waals surface area contributed by atoms with Gasteiger partial charge in [0.15, 0.2) is 34.5 Å². The molecule has 8 bridgehead atoms. The lowest BCUT2D eigenvalue weighted by Gasteiger charge is -2.39. The second kappa shape index (κ2) is 16.0. The lowest BCUT2D eigenvalue weighted by molar-refractivity contribution is -0.117. The number of amides is 1. The Labute approximate surface area is 306 Å². The van der Waals surface area contributed by atoms with Crippen LogP contribution >= 0.6 is 0 Å². The zero-order valence-corrected chi connectivity index (χ0v) is 31.5. The zero-order valence-electron chi connectivity index (χ0n) is 31.5. The highest BCUT2D eigenvalue weighted by Crippen LogP contribution is 2.48. The van der Waals surface area contributed by atoms with E-state index in [0.717, 1.165) is 53.6 Å². The van der Waals surface area contributed by atoms with E-state index in [1.165, 1.54) is 11.1 Å². The Balaban J connectivity index is 1.59. The molecule has 1 amide bonds. The van der Waals surface area contributed by atoms with Crippen LogP contribution in [-0.2, 0) is 37.0 Å². The highest BCUT2D eigenvalue weighted by Gasteiger charge is 2.33. The van der Waals surface area contributed by atoms with Crippen molar-refractivity contribution in [3.8, 4) is 46.0 Å². The summed E-state index contributed by atoms with van der Waals surface area (Å²) >= 11 is 0. The summed E-state index contributed by atoms with van der Waals surface area (Å²) in [5.74, 6) is 4.35. The number of nitrogens with zero attached hydrogens (tertiary/aromatic N) is 2. The SMILES string of the molecule is CNCCc1cc(OC)c2cc1CCc1ccc(cc1)Oc1cc(C)c(cc1OC)N(C(=O)C=C(C)C)N1CCc3cc(OC)c(OC)c(c3C1)O2. The van der Waals surface area contributed by atoms with Crippen LogP contribution in [0.5, 0.6) is 46.0 Å².